The summed E-state index contributed by atoms with van der Waals surface area (Å²) in [6.45, 7) is 2.78. The molecule has 0 saturated carbocycles. The first-order chi connectivity index (χ1) is 15.7. The summed E-state index contributed by atoms with van der Waals surface area (Å²) in [5.74, 6) is 0.0415. The molecule has 1 aliphatic rings. The highest BCUT2D eigenvalue weighted by Crippen LogP contribution is 2.23. The zero-order valence-electron chi connectivity index (χ0n) is 17.9. The predicted molar refractivity (Wildman–Crippen MR) is 126 cm³/mol. The lowest BCUT2D eigenvalue weighted by Gasteiger charge is -2.35. The molecule has 0 radical (unpaired) electrons. The Morgan fingerprint density at radius 3 is 1.91 bits per heavy atom. The topological polar surface area (TPSA) is 45.6 Å². The first-order valence-corrected chi connectivity index (χ1v) is 11.0. The van der Waals surface area contributed by atoms with Crippen LogP contribution in [0.1, 0.15) is 26.4 Å². The van der Waals surface area contributed by atoms with E-state index in [4.69, 9.17) is 0 Å². The minimum atomic E-state index is 0.0175. The molecule has 0 N–H and O–H groups in total. The van der Waals surface area contributed by atoms with Crippen LogP contribution in [0.3, 0.4) is 0 Å². The van der Waals surface area contributed by atoms with Gasteiger partial charge in [0.05, 0.1) is 0 Å². The normalized spacial score (nSPS) is 14.0. The van der Waals surface area contributed by atoms with Crippen molar-refractivity contribution in [3.05, 3.63) is 108 Å². The van der Waals surface area contributed by atoms with E-state index in [1.54, 1.807) is 0 Å². The lowest BCUT2D eigenvalue weighted by Crippen LogP contribution is -2.50. The maximum atomic E-state index is 13.5. The largest absolute Gasteiger partial charge is 0.335 e. The van der Waals surface area contributed by atoms with Crippen molar-refractivity contribution in [3.63, 3.8) is 0 Å². The Balaban J connectivity index is 1.36. The average molecular weight is 424 g/mol. The summed E-state index contributed by atoms with van der Waals surface area (Å²) >= 11 is 0. The molecule has 5 nitrogen and oxygen atoms in total. The fourth-order valence-electron chi connectivity index (χ4n) is 4.36. The number of hydrogen-bond acceptors (Lipinski definition) is 2. The van der Waals surface area contributed by atoms with Gasteiger partial charge in [0.15, 0.2) is 0 Å². The van der Waals surface area contributed by atoms with E-state index in [0.717, 1.165) is 16.5 Å². The van der Waals surface area contributed by atoms with Crippen LogP contribution in [-0.4, -0.2) is 52.4 Å². The molecular weight excluding hydrogens is 398 g/mol. The molecule has 0 aliphatic carbocycles. The van der Waals surface area contributed by atoms with Crippen molar-refractivity contribution in [2.45, 2.75) is 6.54 Å². The van der Waals surface area contributed by atoms with E-state index < -0.39 is 0 Å². The highest BCUT2D eigenvalue weighted by atomic mass is 16.2. The molecule has 1 saturated heterocycles. The number of carbonyl (C=O) groups is 2. The number of carbonyl (C=O) groups excluding carboxylic acids is 2. The van der Waals surface area contributed by atoms with Crippen LogP contribution in [0.4, 0.5) is 0 Å². The van der Waals surface area contributed by atoms with Crippen molar-refractivity contribution < 1.29 is 9.59 Å². The predicted octanol–water partition coefficient (Wildman–Crippen LogP) is 4.29. The molecule has 3 aromatic carbocycles. The summed E-state index contributed by atoms with van der Waals surface area (Å²) in [7, 11) is 0. The number of nitrogens with zero attached hydrogens (tertiary/aromatic N) is 3. The van der Waals surface area contributed by atoms with Gasteiger partial charge in [-0.2, -0.15) is 0 Å². The van der Waals surface area contributed by atoms with Gasteiger partial charge in [-0.15, -0.1) is 0 Å². The number of aromatic nitrogens is 1. The molecule has 1 fully saturated rings. The highest BCUT2D eigenvalue weighted by molar-refractivity contribution is 5.99. The molecule has 5 rings (SSSR count). The Kier molecular flexibility index (Phi) is 5.46. The van der Waals surface area contributed by atoms with Crippen molar-refractivity contribution in [3.8, 4) is 0 Å². The van der Waals surface area contributed by atoms with Crippen LogP contribution in [0.5, 0.6) is 0 Å². The summed E-state index contributed by atoms with van der Waals surface area (Å²) in [5.41, 5.74) is 3.59. The molecule has 4 aromatic rings. The summed E-state index contributed by atoms with van der Waals surface area (Å²) in [5, 5.41) is 1.06. The van der Waals surface area contributed by atoms with Gasteiger partial charge in [0.25, 0.3) is 11.8 Å². The molecule has 5 heteroatoms. The standard InChI is InChI=1S/C27H25N3O2/c31-26(22-11-5-2-6-12-22)28-15-17-29(18-16-28)27(32)25-19-23-13-7-8-14-24(23)30(25)20-21-9-3-1-4-10-21/h1-14,19H,15-18,20H2. The third-order valence-electron chi connectivity index (χ3n) is 6.09. The maximum absolute atomic E-state index is 13.5. The minimum absolute atomic E-state index is 0.0175. The smallest absolute Gasteiger partial charge is 0.270 e. The zero-order valence-corrected chi connectivity index (χ0v) is 17.9. The van der Waals surface area contributed by atoms with Gasteiger partial charge >= 0.3 is 0 Å². The van der Waals surface area contributed by atoms with Gasteiger partial charge in [-0.25, -0.2) is 0 Å². The molecular formula is C27H25N3O2. The van der Waals surface area contributed by atoms with Gasteiger partial charge in [0, 0.05) is 49.2 Å². The summed E-state index contributed by atoms with van der Waals surface area (Å²) in [4.78, 5) is 30.0. The molecule has 0 unspecified atom stereocenters. The van der Waals surface area contributed by atoms with Gasteiger partial charge in [0.2, 0.25) is 0 Å². The zero-order chi connectivity index (χ0) is 21.9. The third-order valence-corrected chi connectivity index (χ3v) is 6.09. The molecule has 1 aliphatic heterocycles. The monoisotopic (exact) mass is 423 g/mol. The first-order valence-electron chi connectivity index (χ1n) is 11.0. The van der Waals surface area contributed by atoms with Crippen LogP contribution >= 0.6 is 0 Å². The first kappa shape index (κ1) is 20.1. The van der Waals surface area contributed by atoms with E-state index in [2.05, 4.69) is 22.8 Å². The number of benzene rings is 3. The third kappa shape index (κ3) is 3.89. The molecule has 1 aromatic heterocycles. The Morgan fingerprint density at radius 2 is 1.22 bits per heavy atom. The van der Waals surface area contributed by atoms with Crippen molar-refractivity contribution in [1.82, 2.24) is 14.4 Å². The summed E-state index contributed by atoms with van der Waals surface area (Å²) in [6.07, 6.45) is 0. The molecule has 0 atom stereocenters. The van der Waals surface area contributed by atoms with Crippen LogP contribution in [-0.2, 0) is 6.54 Å². The van der Waals surface area contributed by atoms with Crippen LogP contribution in [0, 0.1) is 0 Å². The van der Waals surface area contributed by atoms with Crippen LogP contribution in [0.15, 0.2) is 91.0 Å². The molecule has 32 heavy (non-hydrogen) atoms. The molecule has 2 heterocycles. The van der Waals surface area contributed by atoms with E-state index in [0.29, 0.717) is 44.0 Å². The second kappa shape index (κ2) is 8.71. The lowest BCUT2D eigenvalue weighted by atomic mass is 10.2. The van der Waals surface area contributed by atoms with Crippen LogP contribution in [0.2, 0.25) is 0 Å². The quantitative estimate of drug-likeness (QED) is 0.492. The van der Waals surface area contributed by atoms with E-state index in [1.165, 1.54) is 0 Å². The lowest BCUT2D eigenvalue weighted by molar-refractivity contribution is 0.0530. The Bertz CT molecular complexity index is 1240. The number of para-hydroxylation sites is 1. The van der Waals surface area contributed by atoms with E-state index in [1.807, 2.05) is 82.6 Å². The Hall–Kier alpha value is -3.86. The van der Waals surface area contributed by atoms with Crippen molar-refractivity contribution in [2.24, 2.45) is 0 Å². The number of rotatable bonds is 4. The molecule has 0 bridgehead atoms. The van der Waals surface area contributed by atoms with Crippen molar-refractivity contribution >= 4 is 22.7 Å². The van der Waals surface area contributed by atoms with E-state index in [9.17, 15) is 9.59 Å². The van der Waals surface area contributed by atoms with Gasteiger partial charge in [0.1, 0.15) is 5.69 Å². The SMILES string of the molecule is O=C(c1ccccc1)N1CCN(C(=O)c2cc3ccccc3n2Cc2ccccc2)CC1. The fourth-order valence-corrected chi connectivity index (χ4v) is 4.36. The summed E-state index contributed by atoms with van der Waals surface area (Å²) in [6, 6.07) is 29.6. The maximum Gasteiger partial charge on any atom is 0.270 e. The average Bonchev–Trinajstić information content (AvgIpc) is 3.23. The van der Waals surface area contributed by atoms with Gasteiger partial charge in [-0.3, -0.25) is 9.59 Å². The minimum Gasteiger partial charge on any atom is -0.335 e. The summed E-state index contributed by atoms with van der Waals surface area (Å²) < 4.78 is 2.11. The van der Waals surface area contributed by atoms with E-state index in [-0.39, 0.29) is 11.8 Å². The number of hydrogen-bond donors (Lipinski definition) is 0. The van der Waals surface area contributed by atoms with Crippen LogP contribution in [0.25, 0.3) is 10.9 Å². The highest BCUT2D eigenvalue weighted by Gasteiger charge is 2.27. The van der Waals surface area contributed by atoms with Gasteiger partial charge < -0.3 is 14.4 Å². The fraction of sp³-hybridized carbons (Fsp3) is 0.185. The van der Waals surface area contributed by atoms with Crippen molar-refractivity contribution in [1.29, 1.82) is 0 Å². The van der Waals surface area contributed by atoms with Crippen molar-refractivity contribution in [2.75, 3.05) is 26.2 Å². The Labute approximate surface area is 187 Å². The number of piperazine rings is 1. The van der Waals surface area contributed by atoms with E-state index >= 15 is 0 Å². The molecule has 2 amide bonds. The van der Waals surface area contributed by atoms with Crippen LogP contribution < -0.4 is 0 Å². The number of amides is 2. The van der Waals surface area contributed by atoms with Gasteiger partial charge in [-0.05, 0) is 29.8 Å². The second-order valence-electron chi connectivity index (χ2n) is 8.11. The van der Waals surface area contributed by atoms with Gasteiger partial charge in [-0.1, -0.05) is 66.7 Å². The Morgan fingerprint density at radius 1 is 0.656 bits per heavy atom. The molecule has 160 valence electrons. The number of fused-ring (bicyclic) bond motifs is 1. The second-order valence-corrected chi connectivity index (χ2v) is 8.11. The molecule has 0 spiro atoms.